The van der Waals surface area contributed by atoms with Crippen LogP contribution in [0.4, 0.5) is 5.69 Å². The van der Waals surface area contributed by atoms with E-state index in [2.05, 4.69) is 21.9 Å². The summed E-state index contributed by atoms with van der Waals surface area (Å²) in [5.41, 5.74) is 8.98. The highest BCUT2D eigenvalue weighted by atomic mass is 32.2. The lowest BCUT2D eigenvalue weighted by Gasteiger charge is -2.36. The molecule has 0 aliphatic carbocycles. The Morgan fingerprint density at radius 2 is 1.72 bits per heavy atom. The fraction of sp³-hybridized carbons (Fsp3) is 0.333. The number of fused-ring (bicyclic) bond motifs is 2. The molecule has 3 aromatic carbocycles. The van der Waals surface area contributed by atoms with Crippen LogP contribution in [0, 0.1) is 0 Å². The first-order chi connectivity index (χ1) is 19.1. The van der Waals surface area contributed by atoms with Crippen molar-refractivity contribution in [2.75, 3.05) is 52.5 Å². The third-order valence-electron chi connectivity index (χ3n) is 6.81. The summed E-state index contributed by atoms with van der Waals surface area (Å²) >= 11 is 1.64. The molecule has 9 heteroatoms. The van der Waals surface area contributed by atoms with Crippen LogP contribution in [0.1, 0.15) is 11.1 Å². The molecule has 204 valence electrons. The number of hydrogen-bond donors (Lipinski definition) is 2. The number of benzene rings is 3. The van der Waals surface area contributed by atoms with E-state index >= 15 is 0 Å². The van der Waals surface area contributed by atoms with Gasteiger partial charge in [0.1, 0.15) is 24.2 Å². The van der Waals surface area contributed by atoms with Crippen LogP contribution in [0.15, 0.2) is 87.6 Å². The van der Waals surface area contributed by atoms with Crippen LogP contribution < -0.4 is 5.73 Å². The Hall–Kier alpha value is -3.37. The summed E-state index contributed by atoms with van der Waals surface area (Å²) in [5.74, 6) is 0.822. The van der Waals surface area contributed by atoms with E-state index in [9.17, 15) is 9.90 Å². The first-order valence-electron chi connectivity index (χ1n) is 13.3. The van der Waals surface area contributed by atoms with Crippen LogP contribution in [0.3, 0.4) is 0 Å². The van der Waals surface area contributed by atoms with Crippen LogP contribution in [0.5, 0.6) is 5.75 Å². The first kappa shape index (κ1) is 27.2. The fourth-order valence-electron chi connectivity index (χ4n) is 4.69. The lowest BCUT2D eigenvalue weighted by atomic mass is 10.1. The molecule has 3 N–H and O–H groups in total. The summed E-state index contributed by atoms with van der Waals surface area (Å²) in [4.78, 5) is 24.0. The average Bonchev–Trinajstić information content (AvgIpc) is 3.12. The third-order valence-corrected chi connectivity index (χ3v) is 7.94. The second-order valence-electron chi connectivity index (χ2n) is 9.59. The number of ether oxygens (including phenoxy) is 2. The zero-order chi connectivity index (χ0) is 27.0. The van der Waals surface area contributed by atoms with E-state index < -0.39 is 12.0 Å². The zero-order valence-electron chi connectivity index (χ0n) is 21.9. The molecule has 0 saturated carbocycles. The van der Waals surface area contributed by atoms with E-state index in [0.717, 1.165) is 65.2 Å². The molecule has 0 radical (unpaired) electrons. The third kappa shape index (κ3) is 7.19. The number of phenolic OH excluding ortho intramolecular Hbond substituents is 1. The van der Waals surface area contributed by atoms with Gasteiger partial charge in [-0.05, 0) is 36.2 Å². The number of hydrogen-bond acceptors (Lipinski definition) is 9. The summed E-state index contributed by atoms with van der Waals surface area (Å²) in [7, 11) is 0. The van der Waals surface area contributed by atoms with Crippen LogP contribution in [0.25, 0.3) is 0 Å². The number of nitrogens with two attached hydrogens (primary N) is 1. The maximum atomic E-state index is 12.1. The standard InChI is InChI=1S/C30H34N4O4S/c31-25(20-22-6-2-1-3-7-22)30(36)38-19-18-37-17-16-33-12-14-34(15-13-33)29-24-8-4-5-9-27(24)39-28-21-23(35)10-11-26(28)32-29/h1-11,21,25,35H,12-20,31H2/t25-/m0/s1. The molecule has 3 aromatic rings. The highest BCUT2D eigenvalue weighted by molar-refractivity contribution is 7.99. The molecular weight excluding hydrogens is 512 g/mol. The second kappa shape index (κ2) is 13.1. The van der Waals surface area contributed by atoms with E-state index in [4.69, 9.17) is 20.2 Å². The SMILES string of the molecule is N[C@@H](Cc1ccccc1)C(=O)OCCOCCN1CCN(C2=Nc3ccc(O)cc3Sc3ccccc32)CC1. The summed E-state index contributed by atoms with van der Waals surface area (Å²) < 4.78 is 11.0. The Bertz CT molecular complexity index is 1300. The normalized spacial score (nSPS) is 16.0. The van der Waals surface area contributed by atoms with Crippen LogP contribution >= 0.6 is 11.8 Å². The smallest absolute Gasteiger partial charge is 0.323 e. The van der Waals surface area contributed by atoms with Crippen LogP contribution in [-0.2, 0) is 20.7 Å². The van der Waals surface area contributed by atoms with Gasteiger partial charge in [0.05, 0.1) is 18.9 Å². The minimum atomic E-state index is -0.673. The molecule has 1 saturated heterocycles. The lowest BCUT2D eigenvalue weighted by Crippen LogP contribution is -2.49. The van der Waals surface area contributed by atoms with Crippen molar-refractivity contribution >= 4 is 29.3 Å². The Balaban J connectivity index is 1.05. The molecule has 0 aromatic heterocycles. The first-order valence-corrected chi connectivity index (χ1v) is 14.1. The van der Waals surface area contributed by atoms with Crippen molar-refractivity contribution in [3.8, 4) is 5.75 Å². The van der Waals surface area contributed by atoms with Gasteiger partial charge >= 0.3 is 5.97 Å². The molecule has 2 aliphatic heterocycles. The predicted octanol–water partition coefficient (Wildman–Crippen LogP) is 3.68. The van der Waals surface area contributed by atoms with Gasteiger partial charge in [-0.25, -0.2) is 4.99 Å². The van der Waals surface area contributed by atoms with Gasteiger partial charge in [-0.15, -0.1) is 0 Å². The van der Waals surface area contributed by atoms with Crippen molar-refractivity contribution in [1.29, 1.82) is 0 Å². The zero-order valence-corrected chi connectivity index (χ0v) is 22.7. The molecule has 0 bridgehead atoms. The van der Waals surface area contributed by atoms with E-state index in [-0.39, 0.29) is 12.4 Å². The van der Waals surface area contributed by atoms with Crippen molar-refractivity contribution in [2.45, 2.75) is 22.3 Å². The van der Waals surface area contributed by atoms with Gasteiger partial charge in [0.15, 0.2) is 0 Å². The molecule has 8 nitrogen and oxygen atoms in total. The van der Waals surface area contributed by atoms with Crippen molar-refractivity contribution < 1.29 is 19.4 Å². The summed E-state index contributed by atoms with van der Waals surface area (Å²) in [6.45, 7) is 5.48. The predicted molar refractivity (Wildman–Crippen MR) is 153 cm³/mol. The number of carbonyl (C=O) groups excluding carboxylic acids is 1. The van der Waals surface area contributed by atoms with Gasteiger partial charge in [0, 0.05) is 48.1 Å². The molecule has 0 spiro atoms. The van der Waals surface area contributed by atoms with E-state index in [1.807, 2.05) is 48.5 Å². The number of piperazine rings is 1. The van der Waals surface area contributed by atoms with E-state index in [0.29, 0.717) is 19.6 Å². The van der Waals surface area contributed by atoms with E-state index in [1.165, 1.54) is 0 Å². The van der Waals surface area contributed by atoms with Crippen molar-refractivity contribution in [3.63, 3.8) is 0 Å². The number of aromatic hydroxyl groups is 1. The van der Waals surface area contributed by atoms with Gasteiger partial charge in [-0.2, -0.15) is 0 Å². The Morgan fingerprint density at radius 1 is 0.949 bits per heavy atom. The average molecular weight is 547 g/mol. The van der Waals surface area contributed by atoms with Gasteiger partial charge < -0.3 is 25.2 Å². The van der Waals surface area contributed by atoms with Gasteiger partial charge in [-0.3, -0.25) is 9.69 Å². The van der Waals surface area contributed by atoms with Gasteiger partial charge in [-0.1, -0.05) is 60.3 Å². The number of phenols is 1. The number of amidine groups is 1. The highest BCUT2D eigenvalue weighted by Crippen LogP contribution is 2.42. The molecule has 0 unspecified atom stereocenters. The maximum Gasteiger partial charge on any atom is 0.323 e. The molecule has 0 amide bonds. The minimum absolute atomic E-state index is 0.200. The summed E-state index contributed by atoms with van der Waals surface area (Å²) in [6.07, 6.45) is 0.458. The van der Waals surface area contributed by atoms with Crippen LogP contribution in [0.2, 0.25) is 0 Å². The molecule has 1 atom stereocenters. The molecule has 39 heavy (non-hydrogen) atoms. The highest BCUT2D eigenvalue weighted by Gasteiger charge is 2.25. The molecular formula is C30H34N4O4S. The Kier molecular flexibility index (Phi) is 9.15. The van der Waals surface area contributed by atoms with Gasteiger partial charge in [0.25, 0.3) is 0 Å². The fourth-order valence-corrected chi connectivity index (χ4v) is 5.74. The maximum absolute atomic E-state index is 12.1. The number of esters is 1. The second-order valence-corrected chi connectivity index (χ2v) is 10.7. The molecule has 1 fully saturated rings. The largest absolute Gasteiger partial charge is 0.508 e. The van der Waals surface area contributed by atoms with E-state index in [1.54, 1.807) is 23.9 Å². The Labute approximate surface area is 233 Å². The van der Waals surface area contributed by atoms with Crippen molar-refractivity contribution in [2.24, 2.45) is 10.7 Å². The van der Waals surface area contributed by atoms with Gasteiger partial charge in [0.2, 0.25) is 0 Å². The van der Waals surface area contributed by atoms with Crippen molar-refractivity contribution in [3.05, 3.63) is 83.9 Å². The topological polar surface area (TPSA) is 101 Å². The quantitative estimate of drug-likeness (QED) is 0.310. The molecule has 2 aliphatic rings. The Morgan fingerprint density at radius 3 is 2.54 bits per heavy atom. The number of carbonyl (C=O) groups is 1. The molecule has 5 rings (SSSR count). The minimum Gasteiger partial charge on any atom is -0.508 e. The summed E-state index contributed by atoms with van der Waals surface area (Å²) in [6, 6.07) is 22.7. The molecule has 2 heterocycles. The number of aliphatic imine (C=N–C) groups is 1. The number of nitrogens with zero attached hydrogens (tertiary/aromatic N) is 3. The van der Waals surface area contributed by atoms with Crippen molar-refractivity contribution in [1.82, 2.24) is 9.80 Å². The lowest BCUT2D eigenvalue weighted by molar-refractivity contribution is -0.146. The summed E-state index contributed by atoms with van der Waals surface area (Å²) in [5, 5.41) is 9.97. The van der Waals surface area contributed by atoms with Crippen LogP contribution in [-0.4, -0.2) is 85.3 Å². The number of rotatable bonds is 9. The monoisotopic (exact) mass is 546 g/mol.